The van der Waals surface area contributed by atoms with Crippen LogP contribution in [-0.2, 0) is 11.3 Å². The number of para-hydroxylation sites is 1. The summed E-state index contributed by atoms with van der Waals surface area (Å²) < 4.78 is 41.8. The summed E-state index contributed by atoms with van der Waals surface area (Å²) in [6.07, 6.45) is -0.674. The van der Waals surface area contributed by atoms with Gasteiger partial charge in [0.05, 0.1) is 18.5 Å². The molecule has 0 fully saturated rings. The summed E-state index contributed by atoms with van der Waals surface area (Å²) in [5.74, 6) is 0. The van der Waals surface area contributed by atoms with Crippen molar-refractivity contribution in [3.63, 3.8) is 0 Å². The van der Waals surface area contributed by atoms with Gasteiger partial charge in [-0.25, -0.2) is 4.68 Å². The van der Waals surface area contributed by atoms with Crippen LogP contribution >= 0.6 is 0 Å². The van der Waals surface area contributed by atoms with Gasteiger partial charge >= 0.3 is 6.18 Å². The Balaban J connectivity index is 1.69. The molecule has 0 unspecified atom stereocenters. The fourth-order valence-electron chi connectivity index (χ4n) is 1.74. The second kappa shape index (κ2) is 7.24. The molecule has 7 heteroatoms. The van der Waals surface area contributed by atoms with Gasteiger partial charge in [0.1, 0.15) is 6.61 Å². The topological polar surface area (TPSA) is 39.1 Å². The van der Waals surface area contributed by atoms with Gasteiger partial charge < -0.3 is 10.1 Å². The summed E-state index contributed by atoms with van der Waals surface area (Å²) in [4.78, 5) is 0. The molecule has 1 aromatic carbocycles. The van der Waals surface area contributed by atoms with Gasteiger partial charge in [0.25, 0.3) is 0 Å². The number of alkyl halides is 3. The summed E-state index contributed by atoms with van der Waals surface area (Å²) in [5, 5.41) is 7.24. The van der Waals surface area contributed by atoms with E-state index >= 15 is 0 Å². The molecule has 21 heavy (non-hydrogen) atoms. The zero-order valence-corrected chi connectivity index (χ0v) is 11.3. The van der Waals surface area contributed by atoms with Crippen molar-refractivity contribution in [2.75, 3.05) is 19.8 Å². The Labute approximate surface area is 120 Å². The van der Waals surface area contributed by atoms with Crippen LogP contribution in [0.5, 0.6) is 0 Å². The standard InChI is InChI=1S/C14H16F3N3O/c15-14(16,17)11-21-7-6-18-8-12-9-19-20(10-12)13-4-2-1-3-5-13/h1-5,9-10,18H,6-8,11H2. The van der Waals surface area contributed by atoms with E-state index in [0.717, 1.165) is 11.3 Å². The molecule has 0 amide bonds. The predicted molar refractivity (Wildman–Crippen MR) is 72.1 cm³/mol. The van der Waals surface area contributed by atoms with Crippen LogP contribution in [-0.4, -0.2) is 35.7 Å². The van der Waals surface area contributed by atoms with Crippen molar-refractivity contribution >= 4 is 0 Å². The number of ether oxygens (including phenoxy) is 1. The molecular weight excluding hydrogens is 283 g/mol. The minimum atomic E-state index is -4.27. The SMILES string of the molecule is FC(F)(F)COCCNCc1cnn(-c2ccccc2)c1. The van der Waals surface area contributed by atoms with Crippen LogP contribution in [0.2, 0.25) is 0 Å². The molecule has 4 nitrogen and oxygen atoms in total. The molecule has 0 spiro atoms. The highest BCUT2D eigenvalue weighted by Crippen LogP contribution is 2.14. The molecule has 0 radical (unpaired) electrons. The number of benzene rings is 1. The van der Waals surface area contributed by atoms with E-state index in [4.69, 9.17) is 0 Å². The zero-order chi connectivity index (χ0) is 15.1. The molecule has 114 valence electrons. The summed E-state index contributed by atoms with van der Waals surface area (Å²) in [6.45, 7) is -0.304. The second-order valence-electron chi connectivity index (χ2n) is 4.47. The van der Waals surface area contributed by atoms with E-state index in [2.05, 4.69) is 15.2 Å². The lowest BCUT2D eigenvalue weighted by atomic mass is 10.3. The van der Waals surface area contributed by atoms with Crippen LogP contribution in [0.25, 0.3) is 5.69 Å². The molecule has 1 aromatic heterocycles. The van der Waals surface area contributed by atoms with Gasteiger partial charge in [-0.05, 0) is 12.1 Å². The Morgan fingerprint density at radius 1 is 1.19 bits per heavy atom. The van der Waals surface area contributed by atoms with E-state index in [-0.39, 0.29) is 6.61 Å². The molecule has 0 aliphatic rings. The summed E-state index contributed by atoms with van der Waals surface area (Å²) in [5.41, 5.74) is 1.91. The molecular formula is C14H16F3N3O. The number of aromatic nitrogens is 2. The van der Waals surface area contributed by atoms with E-state index < -0.39 is 12.8 Å². The lowest BCUT2D eigenvalue weighted by Crippen LogP contribution is -2.23. The van der Waals surface area contributed by atoms with E-state index in [1.54, 1.807) is 10.9 Å². The van der Waals surface area contributed by atoms with Gasteiger partial charge in [-0.2, -0.15) is 18.3 Å². The highest BCUT2D eigenvalue weighted by molar-refractivity contribution is 5.30. The molecule has 0 bridgehead atoms. The van der Waals surface area contributed by atoms with Crippen LogP contribution in [0.1, 0.15) is 5.56 Å². The minimum absolute atomic E-state index is 0.0202. The van der Waals surface area contributed by atoms with Crippen molar-refractivity contribution in [2.24, 2.45) is 0 Å². The molecule has 1 N–H and O–H groups in total. The quantitative estimate of drug-likeness (QED) is 0.799. The van der Waals surface area contributed by atoms with Crippen molar-refractivity contribution in [2.45, 2.75) is 12.7 Å². The number of halogens is 3. The summed E-state index contributed by atoms with van der Waals surface area (Å²) >= 11 is 0. The highest BCUT2D eigenvalue weighted by Gasteiger charge is 2.27. The summed E-state index contributed by atoms with van der Waals surface area (Å²) in [7, 11) is 0. The van der Waals surface area contributed by atoms with Crippen LogP contribution in [0.4, 0.5) is 13.2 Å². The monoisotopic (exact) mass is 299 g/mol. The Morgan fingerprint density at radius 2 is 1.95 bits per heavy atom. The first-order chi connectivity index (χ1) is 10.0. The number of hydrogen-bond donors (Lipinski definition) is 1. The van der Waals surface area contributed by atoms with Gasteiger partial charge in [0, 0.05) is 24.8 Å². The van der Waals surface area contributed by atoms with Crippen molar-refractivity contribution in [1.29, 1.82) is 0 Å². The number of nitrogens with zero attached hydrogens (tertiary/aromatic N) is 2. The number of rotatable bonds is 7. The number of nitrogens with one attached hydrogen (secondary N) is 1. The average molecular weight is 299 g/mol. The Kier molecular flexibility index (Phi) is 5.35. The van der Waals surface area contributed by atoms with Crippen molar-refractivity contribution in [3.8, 4) is 5.69 Å². The van der Waals surface area contributed by atoms with Crippen molar-refractivity contribution in [1.82, 2.24) is 15.1 Å². The van der Waals surface area contributed by atoms with Gasteiger partial charge in [-0.15, -0.1) is 0 Å². The first-order valence-corrected chi connectivity index (χ1v) is 6.49. The van der Waals surface area contributed by atoms with Crippen LogP contribution in [0.15, 0.2) is 42.7 Å². The average Bonchev–Trinajstić information content (AvgIpc) is 2.91. The van der Waals surface area contributed by atoms with Crippen LogP contribution < -0.4 is 5.32 Å². The number of hydrogen-bond acceptors (Lipinski definition) is 3. The normalized spacial score (nSPS) is 11.8. The molecule has 1 heterocycles. The first-order valence-electron chi connectivity index (χ1n) is 6.49. The Hall–Kier alpha value is -1.86. The minimum Gasteiger partial charge on any atom is -0.371 e. The fourth-order valence-corrected chi connectivity index (χ4v) is 1.74. The lowest BCUT2D eigenvalue weighted by Gasteiger charge is -2.07. The maximum atomic E-state index is 11.8. The zero-order valence-electron chi connectivity index (χ0n) is 11.3. The molecule has 0 saturated heterocycles. The third-order valence-corrected chi connectivity index (χ3v) is 2.67. The maximum absolute atomic E-state index is 11.8. The van der Waals surface area contributed by atoms with E-state index in [1.807, 2.05) is 36.5 Å². The molecule has 2 aromatic rings. The smallest absolute Gasteiger partial charge is 0.371 e. The van der Waals surface area contributed by atoms with Gasteiger partial charge in [-0.1, -0.05) is 18.2 Å². The largest absolute Gasteiger partial charge is 0.411 e. The summed E-state index contributed by atoms with van der Waals surface area (Å²) in [6, 6.07) is 9.65. The molecule has 2 rings (SSSR count). The van der Waals surface area contributed by atoms with E-state index in [0.29, 0.717) is 13.1 Å². The molecule has 0 saturated carbocycles. The molecule has 0 aliphatic carbocycles. The fraction of sp³-hybridized carbons (Fsp3) is 0.357. The van der Waals surface area contributed by atoms with E-state index in [1.165, 1.54) is 0 Å². The second-order valence-corrected chi connectivity index (χ2v) is 4.47. The van der Waals surface area contributed by atoms with Gasteiger partial charge in [0.15, 0.2) is 0 Å². The Bertz CT molecular complexity index is 540. The van der Waals surface area contributed by atoms with Crippen molar-refractivity contribution in [3.05, 3.63) is 48.3 Å². The Morgan fingerprint density at radius 3 is 2.67 bits per heavy atom. The van der Waals surface area contributed by atoms with E-state index in [9.17, 15) is 13.2 Å². The molecule has 0 atom stereocenters. The lowest BCUT2D eigenvalue weighted by molar-refractivity contribution is -0.173. The first kappa shape index (κ1) is 15.5. The van der Waals surface area contributed by atoms with Gasteiger partial charge in [-0.3, -0.25) is 0 Å². The highest BCUT2D eigenvalue weighted by atomic mass is 19.4. The van der Waals surface area contributed by atoms with Crippen LogP contribution in [0, 0.1) is 0 Å². The predicted octanol–water partition coefficient (Wildman–Crippen LogP) is 2.54. The molecule has 0 aliphatic heterocycles. The van der Waals surface area contributed by atoms with Crippen molar-refractivity contribution < 1.29 is 17.9 Å². The maximum Gasteiger partial charge on any atom is 0.411 e. The third kappa shape index (κ3) is 5.57. The third-order valence-electron chi connectivity index (χ3n) is 2.67. The van der Waals surface area contributed by atoms with Gasteiger partial charge in [0.2, 0.25) is 0 Å². The van der Waals surface area contributed by atoms with Crippen LogP contribution in [0.3, 0.4) is 0 Å².